The molecule has 1 fully saturated rings. The molecule has 1 aromatic heterocycles. The highest BCUT2D eigenvalue weighted by molar-refractivity contribution is 6.31. The van der Waals surface area contributed by atoms with Crippen LogP contribution in [-0.4, -0.2) is 46.1 Å². The fraction of sp³-hybridized carbons (Fsp3) is 0.368. The van der Waals surface area contributed by atoms with Gasteiger partial charge in [0.2, 0.25) is 5.91 Å². The first-order valence-electron chi connectivity index (χ1n) is 8.81. The predicted molar refractivity (Wildman–Crippen MR) is 106 cm³/mol. The lowest BCUT2D eigenvalue weighted by atomic mass is 10.1. The van der Waals surface area contributed by atoms with Crippen LogP contribution in [0.15, 0.2) is 33.9 Å². The topological polar surface area (TPSA) is 91.3 Å². The van der Waals surface area contributed by atoms with Crippen LogP contribution in [0.25, 0.3) is 0 Å². The molecular formula is C19H20ClN5O3. The molecule has 0 N–H and O–H groups in total. The van der Waals surface area contributed by atoms with Crippen molar-refractivity contribution in [3.05, 3.63) is 61.3 Å². The van der Waals surface area contributed by atoms with Crippen molar-refractivity contribution < 1.29 is 4.79 Å². The summed E-state index contributed by atoms with van der Waals surface area (Å²) in [7, 11) is 2.88. The van der Waals surface area contributed by atoms with Gasteiger partial charge in [0.05, 0.1) is 6.42 Å². The van der Waals surface area contributed by atoms with E-state index in [1.807, 2.05) is 24.3 Å². The number of rotatable bonds is 3. The Bertz CT molecular complexity index is 1070. The van der Waals surface area contributed by atoms with E-state index < -0.39 is 11.2 Å². The number of anilines is 1. The van der Waals surface area contributed by atoms with Gasteiger partial charge in [0.15, 0.2) is 5.56 Å². The molecule has 1 amide bonds. The summed E-state index contributed by atoms with van der Waals surface area (Å²) in [6, 6.07) is 9.14. The van der Waals surface area contributed by atoms with Gasteiger partial charge in [0, 0.05) is 45.3 Å². The first-order chi connectivity index (χ1) is 13.3. The summed E-state index contributed by atoms with van der Waals surface area (Å²) in [5.41, 5.74) is -0.396. The van der Waals surface area contributed by atoms with Gasteiger partial charge in [-0.25, -0.2) is 4.79 Å². The van der Waals surface area contributed by atoms with Gasteiger partial charge in [-0.1, -0.05) is 29.8 Å². The summed E-state index contributed by atoms with van der Waals surface area (Å²) < 4.78 is 2.23. The average Bonchev–Trinajstić information content (AvgIpc) is 2.70. The van der Waals surface area contributed by atoms with Crippen molar-refractivity contribution >= 4 is 23.3 Å². The van der Waals surface area contributed by atoms with E-state index in [0.29, 0.717) is 37.0 Å². The lowest BCUT2D eigenvalue weighted by Gasteiger charge is -2.37. The minimum absolute atomic E-state index is 0.0360. The summed E-state index contributed by atoms with van der Waals surface area (Å²) in [6.07, 6.45) is 0.216. The summed E-state index contributed by atoms with van der Waals surface area (Å²) in [5.74, 6) is 0.264. The largest absolute Gasteiger partial charge is 0.353 e. The summed E-state index contributed by atoms with van der Waals surface area (Å²) in [4.78, 5) is 40.6. The Hall–Kier alpha value is -3.05. The number of hydrogen-bond donors (Lipinski definition) is 0. The number of nitriles is 1. The van der Waals surface area contributed by atoms with Crippen LogP contribution in [0.3, 0.4) is 0 Å². The number of piperazine rings is 1. The SMILES string of the molecule is Cn1c(N2CCN(C(=O)Cc3ccccc3Cl)CC2)c(C#N)c(=O)n(C)c1=O. The molecule has 0 bridgehead atoms. The van der Waals surface area contributed by atoms with E-state index in [1.54, 1.807) is 15.9 Å². The maximum atomic E-state index is 12.6. The summed E-state index contributed by atoms with van der Waals surface area (Å²) in [5, 5.41) is 9.98. The van der Waals surface area contributed by atoms with E-state index in [9.17, 15) is 19.6 Å². The lowest BCUT2D eigenvalue weighted by molar-refractivity contribution is -0.130. The quantitative estimate of drug-likeness (QED) is 0.747. The van der Waals surface area contributed by atoms with Gasteiger partial charge >= 0.3 is 5.69 Å². The number of nitrogens with zero attached hydrogens (tertiary/aromatic N) is 5. The van der Waals surface area contributed by atoms with Crippen LogP contribution < -0.4 is 16.1 Å². The third kappa shape index (κ3) is 3.53. The maximum Gasteiger partial charge on any atom is 0.332 e. The number of halogens is 1. The molecule has 8 nitrogen and oxygen atoms in total. The van der Waals surface area contributed by atoms with Crippen molar-refractivity contribution in [2.45, 2.75) is 6.42 Å². The van der Waals surface area contributed by atoms with Gasteiger partial charge in [0.1, 0.15) is 11.9 Å². The van der Waals surface area contributed by atoms with Crippen molar-refractivity contribution in [1.82, 2.24) is 14.0 Å². The van der Waals surface area contributed by atoms with E-state index in [4.69, 9.17) is 11.6 Å². The van der Waals surface area contributed by atoms with Crippen LogP contribution in [0.4, 0.5) is 5.82 Å². The van der Waals surface area contributed by atoms with Crippen LogP contribution >= 0.6 is 11.6 Å². The molecule has 146 valence electrons. The van der Waals surface area contributed by atoms with Gasteiger partial charge in [0.25, 0.3) is 5.56 Å². The van der Waals surface area contributed by atoms with Gasteiger partial charge in [-0.3, -0.25) is 18.7 Å². The maximum absolute atomic E-state index is 12.6. The Labute approximate surface area is 166 Å². The number of amides is 1. The number of carbonyl (C=O) groups excluding carboxylic acids is 1. The predicted octanol–water partition coefficient (Wildman–Crippen LogP) is 0.500. The van der Waals surface area contributed by atoms with E-state index in [2.05, 4.69) is 0 Å². The average molecular weight is 402 g/mol. The monoisotopic (exact) mass is 401 g/mol. The van der Waals surface area contributed by atoms with Gasteiger partial charge < -0.3 is 9.80 Å². The van der Waals surface area contributed by atoms with Gasteiger partial charge in [-0.2, -0.15) is 5.26 Å². The molecule has 0 aliphatic carbocycles. The Morgan fingerprint density at radius 3 is 2.36 bits per heavy atom. The molecular weight excluding hydrogens is 382 g/mol. The Balaban J connectivity index is 1.77. The molecule has 0 spiro atoms. The highest BCUT2D eigenvalue weighted by Gasteiger charge is 2.26. The van der Waals surface area contributed by atoms with Crippen LogP contribution in [0.2, 0.25) is 5.02 Å². The molecule has 0 atom stereocenters. The number of carbonyl (C=O) groups is 1. The number of hydrogen-bond acceptors (Lipinski definition) is 5. The molecule has 9 heteroatoms. The molecule has 2 heterocycles. The minimum Gasteiger partial charge on any atom is -0.353 e. The number of benzene rings is 1. The fourth-order valence-electron chi connectivity index (χ4n) is 3.39. The molecule has 28 heavy (non-hydrogen) atoms. The zero-order valence-corrected chi connectivity index (χ0v) is 16.4. The van der Waals surface area contributed by atoms with Crippen LogP contribution in [-0.2, 0) is 25.3 Å². The number of aromatic nitrogens is 2. The van der Waals surface area contributed by atoms with Crippen molar-refractivity contribution in [1.29, 1.82) is 5.26 Å². The second-order valence-electron chi connectivity index (χ2n) is 6.65. The van der Waals surface area contributed by atoms with Crippen LogP contribution in [0.5, 0.6) is 0 Å². The fourth-order valence-corrected chi connectivity index (χ4v) is 3.59. The first kappa shape index (κ1) is 19.7. The first-order valence-corrected chi connectivity index (χ1v) is 9.19. The third-order valence-electron chi connectivity index (χ3n) is 4.98. The van der Waals surface area contributed by atoms with E-state index in [1.165, 1.54) is 18.7 Å². The molecule has 0 radical (unpaired) electrons. The molecule has 0 unspecified atom stereocenters. The van der Waals surface area contributed by atoms with Gasteiger partial charge in [-0.15, -0.1) is 0 Å². The Morgan fingerprint density at radius 1 is 1.11 bits per heavy atom. The minimum atomic E-state index is -0.613. The summed E-state index contributed by atoms with van der Waals surface area (Å²) in [6.45, 7) is 1.70. The highest BCUT2D eigenvalue weighted by Crippen LogP contribution is 2.19. The second-order valence-corrected chi connectivity index (χ2v) is 7.06. The summed E-state index contributed by atoms with van der Waals surface area (Å²) >= 11 is 6.13. The molecule has 1 aliphatic rings. The van der Waals surface area contributed by atoms with Crippen molar-refractivity contribution in [2.24, 2.45) is 14.1 Å². The molecule has 0 saturated carbocycles. The van der Waals surface area contributed by atoms with Crippen LogP contribution in [0, 0.1) is 11.3 Å². The normalized spacial score (nSPS) is 14.1. The third-order valence-corrected chi connectivity index (χ3v) is 5.35. The molecule has 1 aromatic carbocycles. The lowest BCUT2D eigenvalue weighted by Crippen LogP contribution is -2.52. The van der Waals surface area contributed by atoms with Crippen molar-refractivity contribution in [3.8, 4) is 6.07 Å². The van der Waals surface area contributed by atoms with Crippen molar-refractivity contribution in [3.63, 3.8) is 0 Å². The van der Waals surface area contributed by atoms with E-state index >= 15 is 0 Å². The van der Waals surface area contributed by atoms with Gasteiger partial charge in [-0.05, 0) is 11.6 Å². The Kier molecular flexibility index (Phi) is 5.56. The molecule has 2 aromatic rings. The van der Waals surface area contributed by atoms with E-state index in [0.717, 1.165) is 10.1 Å². The van der Waals surface area contributed by atoms with Crippen LogP contribution in [0.1, 0.15) is 11.1 Å². The molecule has 3 rings (SSSR count). The van der Waals surface area contributed by atoms with E-state index in [-0.39, 0.29) is 17.9 Å². The zero-order valence-electron chi connectivity index (χ0n) is 15.7. The zero-order chi connectivity index (χ0) is 20.4. The second kappa shape index (κ2) is 7.90. The molecule has 1 aliphatic heterocycles. The standard InChI is InChI=1S/C19H20ClN5O3/c1-22-17(14(12-21)18(27)23(2)19(22)28)25-9-7-24(8-10-25)16(26)11-13-5-3-4-6-15(13)20/h3-6H,7-11H2,1-2H3. The van der Waals surface area contributed by atoms with Crippen molar-refractivity contribution in [2.75, 3.05) is 31.1 Å². The molecule has 1 saturated heterocycles. The Morgan fingerprint density at radius 2 is 1.75 bits per heavy atom. The smallest absolute Gasteiger partial charge is 0.332 e. The highest BCUT2D eigenvalue weighted by atomic mass is 35.5.